The molecule has 0 aromatic heterocycles. The maximum Gasteiger partial charge on any atom is 0.123 e. The first-order valence-corrected chi connectivity index (χ1v) is 7.00. The van der Waals surface area contributed by atoms with Crippen molar-refractivity contribution in [1.29, 1.82) is 0 Å². The van der Waals surface area contributed by atoms with Gasteiger partial charge in [0.05, 0.1) is 13.2 Å². The Kier molecular flexibility index (Phi) is 6.22. The summed E-state index contributed by atoms with van der Waals surface area (Å²) in [5.41, 5.74) is 7.64. The van der Waals surface area contributed by atoms with Crippen LogP contribution in [0.15, 0.2) is 54.6 Å². The second kappa shape index (κ2) is 8.42. The van der Waals surface area contributed by atoms with Crippen LogP contribution in [0, 0.1) is 0 Å². The molecule has 0 bridgehead atoms. The second-order valence-electron chi connectivity index (χ2n) is 4.78. The van der Waals surface area contributed by atoms with Gasteiger partial charge < -0.3 is 20.3 Å². The number of nitrogens with two attached hydrogens (primary N) is 1. The zero-order chi connectivity index (χ0) is 14.9. The van der Waals surface area contributed by atoms with Crippen molar-refractivity contribution in [1.82, 2.24) is 0 Å². The van der Waals surface area contributed by atoms with Gasteiger partial charge in [0.1, 0.15) is 18.5 Å². The molecular formula is C17H21NO3. The first kappa shape index (κ1) is 15.5. The summed E-state index contributed by atoms with van der Waals surface area (Å²) < 4.78 is 11.1. The van der Waals surface area contributed by atoms with E-state index in [1.54, 1.807) is 0 Å². The molecule has 0 saturated carbocycles. The largest absolute Gasteiger partial charge is 0.490 e. The van der Waals surface area contributed by atoms with E-state index < -0.39 is 6.10 Å². The van der Waals surface area contributed by atoms with E-state index in [9.17, 15) is 5.11 Å². The number of benzene rings is 2. The van der Waals surface area contributed by atoms with Crippen LogP contribution in [0.3, 0.4) is 0 Å². The average Bonchev–Trinajstić information content (AvgIpc) is 2.54. The number of aliphatic hydroxyl groups is 1. The Morgan fingerprint density at radius 2 is 1.67 bits per heavy atom. The molecule has 0 aliphatic rings. The van der Waals surface area contributed by atoms with Crippen molar-refractivity contribution in [2.75, 3.05) is 13.2 Å². The highest BCUT2D eigenvalue weighted by molar-refractivity contribution is 5.32. The molecule has 3 N–H and O–H groups in total. The van der Waals surface area contributed by atoms with Gasteiger partial charge in [-0.25, -0.2) is 0 Å². The molecule has 2 rings (SSSR count). The van der Waals surface area contributed by atoms with Gasteiger partial charge in [-0.05, 0) is 11.6 Å². The van der Waals surface area contributed by atoms with Gasteiger partial charge in [-0.2, -0.15) is 0 Å². The van der Waals surface area contributed by atoms with Gasteiger partial charge in [0.25, 0.3) is 0 Å². The van der Waals surface area contributed by atoms with Crippen LogP contribution in [-0.2, 0) is 17.9 Å². The Morgan fingerprint density at radius 3 is 2.43 bits per heavy atom. The minimum atomic E-state index is -0.667. The van der Waals surface area contributed by atoms with Crippen LogP contribution in [0.5, 0.6) is 5.75 Å². The topological polar surface area (TPSA) is 64.7 Å². The van der Waals surface area contributed by atoms with Crippen LogP contribution in [0.25, 0.3) is 0 Å². The van der Waals surface area contributed by atoms with E-state index in [-0.39, 0.29) is 13.2 Å². The lowest BCUT2D eigenvalue weighted by molar-refractivity contribution is 0.00533. The summed E-state index contributed by atoms with van der Waals surface area (Å²) in [6.45, 7) is 1.32. The van der Waals surface area contributed by atoms with Crippen LogP contribution in [-0.4, -0.2) is 24.4 Å². The maximum absolute atomic E-state index is 9.87. The standard InChI is InChI=1S/C17H21NO3/c18-10-15-8-4-5-9-17(15)21-13-16(19)12-20-11-14-6-2-1-3-7-14/h1-9,16,19H,10-13,18H2. The van der Waals surface area contributed by atoms with E-state index in [1.807, 2.05) is 54.6 Å². The van der Waals surface area contributed by atoms with Gasteiger partial charge in [0.15, 0.2) is 0 Å². The van der Waals surface area contributed by atoms with E-state index in [0.29, 0.717) is 18.9 Å². The summed E-state index contributed by atoms with van der Waals surface area (Å²) in [6.07, 6.45) is -0.667. The SMILES string of the molecule is NCc1ccccc1OCC(O)COCc1ccccc1. The Labute approximate surface area is 125 Å². The third-order valence-corrected chi connectivity index (χ3v) is 3.05. The molecule has 0 aliphatic carbocycles. The number of hydrogen-bond acceptors (Lipinski definition) is 4. The lowest BCUT2D eigenvalue weighted by Gasteiger charge is -2.14. The van der Waals surface area contributed by atoms with Gasteiger partial charge in [0, 0.05) is 12.1 Å². The highest BCUT2D eigenvalue weighted by Gasteiger charge is 2.07. The molecule has 0 fully saturated rings. The number of rotatable bonds is 8. The monoisotopic (exact) mass is 287 g/mol. The molecular weight excluding hydrogens is 266 g/mol. The Hall–Kier alpha value is -1.88. The third kappa shape index (κ3) is 5.19. The van der Waals surface area contributed by atoms with E-state index >= 15 is 0 Å². The predicted molar refractivity (Wildman–Crippen MR) is 81.9 cm³/mol. The maximum atomic E-state index is 9.87. The van der Waals surface area contributed by atoms with Gasteiger partial charge in [-0.15, -0.1) is 0 Å². The summed E-state index contributed by atoms with van der Waals surface area (Å²) in [6, 6.07) is 17.4. The summed E-state index contributed by atoms with van der Waals surface area (Å²) >= 11 is 0. The average molecular weight is 287 g/mol. The van der Waals surface area contributed by atoms with Crippen LogP contribution < -0.4 is 10.5 Å². The summed E-state index contributed by atoms with van der Waals surface area (Å²) in [7, 11) is 0. The molecule has 21 heavy (non-hydrogen) atoms. The van der Waals surface area contributed by atoms with Gasteiger partial charge >= 0.3 is 0 Å². The number of hydrogen-bond donors (Lipinski definition) is 2. The zero-order valence-corrected chi connectivity index (χ0v) is 11.9. The van der Waals surface area contributed by atoms with Crippen LogP contribution in [0.4, 0.5) is 0 Å². The second-order valence-corrected chi connectivity index (χ2v) is 4.78. The van der Waals surface area contributed by atoms with E-state index in [2.05, 4.69) is 0 Å². The molecule has 0 amide bonds. The van der Waals surface area contributed by atoms with Crippen molar-refractivity contribution >= 4 is 0 Å². The molecule has 0 heterocycles. The van der Waals surface area contributed by atoms with Gasteiger partial charge in [0.2, 0.25) is 0 Å². The summed E-state index contributed by atoms with van der Waals surface area (Å²) in [4.78, 5) is 0. The minimum absolute atomic E-state index is 0.186. The Balaban J connectivity index is 1.71. The molecule has 4 nitrogen and oxygen atoms in total. The summed E-state index contributed by atoms with van der Waals surface area (Å²) in [5.74, 6) is 0.710. The van der Waals surface area contributed by atoms with Crippen molar-refractivity contribution in [3.63, 3.8) is 0 Å². The fourth-order valence-electron chi connectivity index (χ4n) is 1.93. The van der Waals surface area contributed by atoms with E-state index in [4.69, 9.17) is 15.2 Å². The molecule has 112 valence electrons. The Morgan fingerprint density at radius 1 is 0.952 bits per heavy atom. The minimum Gasteiger partial charge on any atom is -0.490 e. The lowest BCUT2D eigenvalue weighted by Crippen LogP contribution is -2.23. The molecule has 1 unspecified atom stereocenters. The number of aliphatic hydroxyl groups excluding tert-OH is 1. The highest BCUT2D eigenvalue weighted by Crippen LogP contribution is 2.17. The fraction of sp³-hybridized carbons (Fsp3) is 0.294. The van der Waals surface area contributed by atoms with Crippen LogP contribution >= 0.6 is 0 Å². The normalized spacial score (nSPS) is 12.1. The lowest BCUT2D eigenvalue weighted by atomic mass is 10.2. The van der Waals surface area contributed by atoms with Gasteiger partial charge in [-0.1, -0.05) is 48.5 Å². The molecule has 0 radical (unpaired) electrons. The van der Waals surface area contributed by atoms with Crippen molar-refractivity contribution in [2.24, 2.45) is 5.73 Å². The fourth-order valence-corrected chi connectivity index (χ4v) is 1.93. The Bertz CT molecular complexity index is 531. The molecule has 4 heteroatoms. The molecule has 0 spiro atoms. The van der Waals surface area contributed by atoms with Crippen molar-refractivity contribution in [3.8, 4) is 5.75 Å². The van der Waals surface area contributed by atoms with Crippen LogP contribution in [0.2, 0.25) is 0 Å². The summed E-state index contributed by atoms with van der Waals surface area (Å²) in [5, 5.41) is 9.87. The molecule has 2 aromatic rings. The van der Waals surface area contributed by atoms with E-state index in [1.165, 1.54) is 0 Å². The molecule has 0 aliphatic heterocycles. The predicted octanol–water partition coefficient (Wildman–Crippen LogP) is 2.10. The number of para-hydroxylation sites is 1. The smallest absolute Gasteiger partial charge is 0.123 e. The molecule has 0 saturated heterocycles. The van der Waals surface area contributed by atoms with Crippen molar-refractivity contribution < 1.29 is 14.6 Å². The molecule has 1 atom stereocenters. The zero-order valence-electron chi connectivity index (χ0n) is 11.9. The first-order valence-electron chi connectivity index (χ1n) is 7.00. The number of ether oxygens (including phenoxy) is 2. The quantitative estimate of drug-likeness (QED) is 0.780. The van der Waals surface area contributed by atoms with Gasteiger partial charge in [-0.3, -0.25) is 0 Å². The highest BCUT2D eigenvalue weighted by atomic mass is 16.5. The van der Waals surface area contributed by atoms with Crippen molar-refractivity contribution in [3.05, 3.63) is 65.7 Å². The first-order chi connectivity index (χ1) is 10.3. The van der Waals surface area contributed by atoms with Crippen LogP contribution in [0.1, 0.15) is 11.1 Å². The third-order valence-electron chi connectivity index (χ3n) is 3.05. The molecule has 2 aromatic carbocycles. The van der Waals surface area contributed by atoms with Crippen molar-refractivity contribution in [2.45, 2.75) is 19.3 Å². The van der Waals surface area contributed by atoms with E-state index in [0.717, 1.165) is 11.1 Å².